The number of amides is 2. The highest BCUT2D eigenvalue weighted by Crippen LogP contribution is 2.26. The van der Waals surface area contributed by atoms with Gasteiger partial charge in [-0.25, -0.2) is 0 Å². The molecule has 29 heavy (non-hydrogen) atoms. The Kier molecular flexibility index (Phi) is 6.19. The number of aryl methyl sites for hydroxylation is 1. The lowest BCUT2D eigenvalue weighted by Crippen LogP contribution is -2.40. The van der Waals surface area contributed by atoms with Crippen molar-refractivity contribution < 1.29 is 18.7 Å². The number of hydrogen-bond acceptors (Lipinski definition) is 5. The third kappa shape index (κ3) is 4.75. The van der Waals surface area contributed by atoms with Gasteiger partial charge in [0.15, 0.2) is 0 Å². The molecule has 0 unspecified atom stereocenters. The number of para-hydroxylation sites is 1. The summed E-state index contributed by atoms with van der Waals surface area (Å²) in [5, 5.41) is 6.28. The van der Waals surface area contributed by atoms with E-state index in [9.17, 15) is 9.59 Å². The van der Waals surface area contributed by atoms with Crippen LogP contribution in [0.1, 0.15) is 17.4 Å². The summed E-state index contributed by atoms with van der Waals surface area (Å²) in [4.78, 5) is 26.6. The molecule has 0 aliphatic rings. The zero-order valence-electron chi connectivity index (χ0n) is 17.0. The van der Waals surface area contributed by atoms with E-state index in [0.29, 0.717) is 11.4 Å². The molecule has 0 fully saturated rings. The number of fused-ring (bicyclic) bond motifs is 1. The van der Waals surface area contributed by atoms with Gasteiger partial charge in [-0.15, -0.1) is 0 Å². The maximum absolute atomic E-state index is 12.3. The third-order valence-corrected chi connectivity index (χ3v) is 4.66. The van der Waals surface area contributed by atoms with Gasteiger partial charge in [-0.05, 0) is 50.8 Å². The fraction of sp³-hybridized carbons (Fsp3) is 0.273. The maximum atomic E-state index is 12.3. The molecule has 7 heteroatoms. The number of carbonyl (C=O) groups is 2. The highest BCUT2D eigenvalue weighted by Gasteiger charge is 2.22. The van der Waals surface area contributed by atoms with Crippen molar-refractivity contribution in [3.05, 3.63) is 59.9 Å². The summed E-state index contributed by atoms with van der Waals surface area (Å²) < 4.78 is 11.1. The highest BCUT2D eigenvalue weighted by molar-refractivity contribution is 6.39. The van der Waals surface area contributed by atoms with Crippen molar-refractivity contribution in [1.82, 2.24) is 10.2 Å². The number of carbonyl (C=O) groups excluding carboxylic acids is 2. The van der Waals surface area contributed by atoms with E-state index in [1.807, 2.05) is 62.3 Å². The van der Waals surface area contributed by atoms with Gasteiger partial charge in [0.25, 0.3) is 0 Å². The SMILES string of the molecule is COc1ccc(C)cc1NC(=O)C(=O)NC[C@@H](c1cc2ccccc2o1)N(C)C. The smallest absolute Gasteiger partial charge is 0.313 e. The molecular formula is C22H25N3O4. The normalized spacial score (nSPS) is 12.0. The maximum Gasteiger partial charge on any atom is 0.313 e. The van der Waals surface area contributed by atoms with Crippen molar-refractivity contribution in [3.8, 4) is 5.75 Å². The topological polar surface area (TPSA) is 83.8 Å². The van der Waals surface area contributed by atoms with Crippen LogP contribution in [0.3, 0.4) is 0 Å². The fourth-order valence-electron chi connectivity index (χ4n) is 3.07. The van der Waals surface area contributed by atoms with Gasteiger partial charge in [-0.2, -0.15) is 0 Å². The summed E-state index contributed by atoms with van der Waals surface area (Å²) in [6.07, 6.45) is 0. The molecule has 0 saturated carbocycles. The van der Waals surface area contributed by atoms with Crippen molar-refractivity contribution in [3.63, 3.8) is 0 Å². The molecule has 1 aromatic heterocycles. The summed E-state index contributed by atoms with van der Waals surface area (Å²) in [7, 11) is 5.29. The number of furan rings is 1. The second kappa shape index (κ2) is 8.79. The van der Waals surface area contributed by atoms with Gasteiger partial charge in [0.05, 0.1) is 18.8 Å². The van der Waals surface area contributed by atoms with Gasteiger partial charge in [-0.3, -0.25) is 14.5 Å². The van der Waals surface area contributed by atoms with Gasteiger partial charge in [0.2, 0.25) is 0 Å². The van der Waals surface area contributed by atoms with Crippen LogP contribution in [0.4, 0.5) is 5.69 Å². The lowest BCUT2D eigenvalue weighted by molar-refractivity contribution is -0.136. The predicted molar refractivity (Wildman–Crippen MR) is 112 cm³/mol. The Labute approximate surface area is 169 Å². The van der Waals surface area contributed by atoms with E-state index in [1.54, 1.807) is 12.1 Å². The van der Waals surface area contributed by atoms with Crippen LogP contribution in [0.5, 0.6) is 5.75 Å². The molecule has 0 saturated heterocycles. The molecular weight excluding hydrogens is 370 g/mol. The summed E-state index contributed by atoms with van der Waals surface area (Å²) in [6, 6.07) is 14.8. The largest absolute Gasteiger partial charge is 0.495 e. The Balaban J connectivity index is 1.67. The number of ether oxygens (including phenoxy) is 1. The van der Waals surface area contributed by atoms with Crippen LogP contribution < -0.4 is 15.4 Å². The second-order valence-corrected chi connectivity index (χ2v) is 7.03. The van der Waals surface area contributed by atoms with Gasteiger partial charge >= 0.3 is 11.8 Å². The molecule has 2 aromatic carbocycles. The standard InChI is InChI=1S/C22H25N3O4/c1-14-9-10-19(28-4)16(11-14)24-22(27)21(26)23-13-17(25(2)3)20-12-15-7-5-6-8-18(15)29-20/h5-12,17H,13H2,1-4H3,(H,23,26)(H,24,27)/t17-/m0/s1. The molecule has 0 radical (unpaired) electrons. The van der Waals surface area contributed by atoms with Crippen LogP contribution in [0.25, 0.3) is 11.0 Å². The number of nitrogens with one attached hydrogen (secondary N) is 2. The van der Waals surface area contributed by atoms with Crippen LogP contribution in [-0.2, 0) is 9.59 Å². The van der Waals surface area contributed by atoms with Crippen molar-refractivity contribution in [2.24, 2.45) is 0 Å². The lowest BCUT2D eigenvalue weighted by Gasteiger charge is -2.22. The number of likely N-dealkylation sites (N-methyl/N-ethyl adjacent to an activating group) is 1. The zero-order valence-corrected chi connectivity index (χ0v) is 17.0. The van der Waals surface area contributed by atoms with Crippen LogP contribution in [0, 0.1) is 6.92 Å². The van der Waals surface area contributed by atoms with E-state index < -0.39 is 11.8 Å². The minimum atomic E-state index is -0.754. The first-order valence-electron chi connectivity index (χ1n) is 9.27. The molecule has 152 valence electrons. The molecule has 7 nitrogen and oxygen atoms in total. The van der Waals surface area contributed by atoms with Gasteiger partial charge in [-0.1, -0.05) is 24.3 Å². The van der Waals surface area contributed by atoms with Gasteiger partial charge in [0.1, 0.15) is 17.1 Å². The van der Waals surface area contributed by atoms with E-state index in [-0.39, 0.29) is 12.6 Å². The number of hydrogen-bond donors (Lipinski definition) is 2. The molecule has 2 amide bonds. The van der Waals surface area contributed by atoms with Crippen LogP contribution in [0.15, 0.2) is 52.9 Å². The minimum absolute atomic E-state index is 0.215. The first kappa shape index (κ1) is 20.4. The summed E-state index contributed by atoms with van der Waals surface area (Å²) in [5.41, 5.74) is 2.18. The van der Waals surface area contributed by atoms with E-state index in [0.717, 1.165) is 22.3 Å². The number of nitrogens with zero attached hydrogens (tertiary/aromatic N) is 1. The Morgan fingerprint density at radius 1 is 1.10 bits per heavy atom. The highest BCUT2D eigenvalue weighted by atomic mass is 16.5. The van der Waals surface area contributed by atoms with Crippen LogP contribution in [-0.4, -0.2) is 44.5 Å². The zero-order chi connectivity index (χ0) is 21.0. The molecule has 0 bridgehead atoms. The number of methoxy groups -OCH3 is 1. The molecule has 0 spiro atoms. The average molecular weight is 395 g/mol. The molecule has 1 heterocycles. The van der Waals surface area contributed by atoms with Gasteiger partial charge < -0.3 is 19.8 Å². The number of anilines is 1. The Bertz CT molecular complexity index is 993. The Morgan fingerprint density at radius 2 is 1.86 bits per heavy atom. The molecule has 3 aromatic rings. The van der Waals surface area contributed by atoms with E-state index in [4.69, 9.17) is 9.15 Å². The third-order valence-electron chi connectivity index (χ3n) is 4.66. The average Bonchev–Trinajstić information content (AvgIpc) is 3.11. The molecule has 0 aliphatic heterocycles. The lowest BCUT2D eigenvalue weighted by atomic mass is 10.1. The summed E-state index contributed by atoms with van der Waals surface area (Å²) in [5.74, 6) is -0.269. The Morgan fingerprint density at radius 3 is 2.55 bits per heavy atom. The second-order valence-electron chi connectivity index (χ2n) is 7.03. The number of rotatable bonds is 6. The summed E-state index contributed by atoms with van der Waals surface area (Å²) >= 11 is 0. The molecule has 2 N–H and O–H groups in total. The van der Waals surface area contributed by atoms with Crippen molar-refractivity contribution in [1.29, 1.82) is 0 Å². The first-order chi connectivity index (χ1) is 13.9. The molecule has 1 atom stereocenters. The van der Waals surface area contributed by atoms with Crippen LogP contribution >= 0.6 is 0 Å². The predicted octanol–water partition coefficient (Wildman–Crippen LogP) is 3.11. The van der Waals surface area contributed by atoms with Gasteiger partial charge in [0, 0.05) is 11.9 Å². The van der Waals surface area contributed by atoms with Crippen molar-refractivity contribution >= 4 is 28.5 Å². The molecule has 0 aliphatic carbocycles. The fourth-order valence-corrected chi connectivity index (χ4v) is 3.07. The van der Waals surface area contributed by atoms with E-state index >= 15 is 0 Å². The van der Waals surface area contributed by atoms with E-state index in [2.05, 4.69) is 10.6 Å². The van der Waals surface area contributed by atoms with Crippen molar-refractivity contribution in [2.75, 3.05) is 33.1 Å². The van der Waals surface area contributed by atoms with Crippen molar-refractivity contribution in [2.45, 2.75) is 13.0 Å². The Hall–Kier alpha value is -3.32. The number of benzene rings is 2. The monoisotopic (exact) mass is 395 g/mol. The summed E-state index contributed by atoms with van der Waals surface area (Å²) in [6.45, 7) is 2.12. The minimum Gasteiger partial charge on any atom is -0.495 e. The van der Waals surface area contributed by atoms with E-state index in [1.165, 1.54) is 7.11 Å². The quantitative estimate of drug-likeness (QED) is 0.627. The molecule has 3 rings (SSSR count). The first-order valence-corrected chi connectivity index (χ1v) is 9.27. The van der Waals surface area contributed by atoms with Crippen LogP contribution in [0.2, 0.25) is 0 Å².